The van der Waals surface area contributed by atoms with E-state index >= 15 is 0 Å². The molecule has 2 aliphatic carbocycles. The molecule has 0 spiro atoms. The van der Waals surface area contributed by atoms with E-state index in [4.69, 9.17) is 28.5 Å². The van der Waals surface area contributed by atoms with Crippen molar-refractivity contribution in [2.45, 2.75) is 140 Å². The van der Waals surface area contributed by atoms with Crippen LogP contribution in [0.3, 0.4) is 0 Å². The predicted molar refractivity (Wildman–Crippen MR) is 235 cm³/mol. The molecular weight excluding hydrogens is 777 g/mol. The van der Waals surface area contributed by atoms with Crippen LogP contribution in [0.5, 0.6) is 23.0 Å². The normalized spacial score (nSPS) is 24.0. The fourth-order valence-corrected chi connectivity index (χ4v) is 10.1. The van der Waals surface area contributed by atoms with Crippen molar-refractivity contribution in [3.05, 3.63) is 71.8 Å². The number of amides is 1. The van der Waals surface area contributed by atoms with Gasteiger partial charge < -0.3 is 43.8 Å². The van der Waals surface area contributed by atoms with Crippen LogP contribution < -0.4 is 14.2 Å². The maximum Gasteiger partial charge on any atom is 0.410 e. The van der Waals surface area contributed by atoms with Gasteiger partial charge in [-0.25, -0.2) is 4.79 Å². The molecule has 336 valence electrons. The highest BCUT2D eigenvalue weighted by Gasteiger charge is 2.65. The Morgan fingerprint density at radius 2 is 1.61 bits per heavy atom. The minimum Gasteiger partial charge on any atom is -0.508 e. The monoisotopic (exact) mass is 847 g/mol. The lowest BCUT2D eigenvalue weighted by Gasteiger charge is -2.59. The zero-order chi connectivity index (χ0) is 43.0. The Bertz CT molecular complexity index is 1780. The number of rotatable bonds is 26. The molecule has 2 heterocycles. The molecule has 6 atom stereocenters. The molecule has 12 nitrogen and oxygen atoms in total. The zero-order valence-corrected chi connectivity index (χ0v) is 36.6. The van der Waals surface area contributed by atoms with Gasteiger partial charge in [-0.3, -0.25) is 4.90 Å². The third-order valence-corrected chi connectivity index (χ3v) is 13.0. The second-order valence-electron chi connectivity index (χ2n) is 17.1. The Morgan fingerprint density at radius 1 is 0.902 bits per heavy atom. The molecule has 12 heteroatoms. The van der Waals surface area contributed by atoms with Crippen LogP contribution >= 0.6 is 0 Å². The van der Waals surface area contributed by atoms with Gasteiger partial charge in [-0.1, -0.05) is 101 Å². The highest BCUT2D eigenvalue weighted by Crippen LogP contribution is 2.62. The first-order chi connectivity index (χ1) is 29.9. The van der Waals surface area contributed by atoms with Crippen LogP contribution in [-0.4, -0.2) is 84.2 Å². The summed E-state index contributed by atoms with van der Waals surface area (Å²) in [5, 5.41) is 35.3. The zero-order valence-electron chi connectivity index (χ0n) is 36.6. The number of hydrogen-bond donors (Lipinski definition) is 3. The van der Waals surface area contributed by atoms with E-state index in [-0.39, 0.29) is 69.7 Å². The molecule has 2 aromatic rings. The summed E-state index contributed by atoms with van der Waals surface area (Å²) in [5.41, 5.74) is 3.29. The van der Waals surface area contributed by atoms with Crippen LogP contribution in [0.25, 0.3) is 0 Å². The smallest absolute Gasteiger partial charge is 0.410 e. The highest BCUT2D eigenvalue weighted by atomic mass is 16.7. The molecule has 1 amide bonds. The number of nitrogens with zero attached hydrogens (tertiary/aromatic N) is 2. The number of aliphatic hydroxyl groups is 2. The molecule has 0 bridgehead atoms. The maximum absolute atomic E-state index is 14.8. The van der Waals surface area contributed by atoms with Gasteiger partial charge in [0.2, 0.25) is 12.6 Å². The number of aliphatic hydroxyl groups excluding tert-OH is 2. The second kappa shape index (κ2) is 23.3. The number of unbranched alkanes of at least 4 members (excludes halogenated alkanes) is 11. The van der Waals surface area contributed by atoms with Gasteiger partial charge in [-0.2, -0.15) is 0 Å². The fraction of sp³-hybridized carbons (Fsp3) is 0.633. The molecule has 0 radical (unpaired) electrons. The van der Waals surface area contributed by atoms with Crippen LogP contribution in [0.4, 0.5) is 4.79 Å². The first-order valence-electron chi connectivity index (χ1n) is 23.0. The summed E-state index contributed by atoms with van der Waals surface area (Å²) in [5.74, 6) is -0.0876. The van der Waals surface area contributed by atoms with Crippen molar-refractivity contribution in [1.82, 2.24) is 4.90 Å². The molecule has 2 aromatic carbocycles. The van der Waals surface area contributed by atoms with Crippen LogP contribution in [0.1, 0.15) is 133 Å². The Labute approximate surface area is 362 Å². The van der Waals surface area contributed by atoms with Gasteiger partial charge in [0.05, 0.1) is 24.8 Å². The van der Waals surface area contributed by atoms with E-state index < -0.39 is 23.8 Å². The second-order valence-corrected chi connectivity index (χ2v) is 17.1. The third kappa shape index (κ3) is 11.2. The summed E-state index contributed by atoms with van der Waals surface area (Å²) in [6, 6.07) is 10.2. The lowest BCUT2D eigenvalue weighted by atomic mass is 9.55. The minimum atomic E-state index is -1.45. The average Bonchev–Trinajstić information content (AvgIpc) is 3.74. The van der Waals surface area contributed by atoms with Gasteiger partial charge in [0, 0.05) is 37.7 Å². The third-order valence-electron chi connectivity index (χ3n) is 13.0. The maximum atomic E-state index is 14.8. The molecular formula is C49H70N2O10. The van der Waals surface area contributed by atoms with Crippen LogP contribution in [0.2, 0.25) is 0 Å². The number of ether oxygens (including phenoxy) is 5. The molecule has 61 heavy (non-hydrogen) atoms. The summed E-state index contributed by atoms with van der Waals surface area (Å²) >= 11 is 0. The summed E-state index contributed by atoms with van der Waals surface area (Å²) in [6.07, 6.45) is 20.0. The summed E-state index contributed by atoms with van der Waals surface area (Å²) < 4.78 is 31.9. The van der Waals surface area contributed by atoms with E-state index in [0.717, 1.165) is 61.6 Å². The number of allylic oxidation sites excluding steroid dienone is 1. The number of hydrogen-bond acceptors (Lipinski definition) is 11. The van der Waals surface area contributed by atoms with Gasteiger partial charge in [0.1, 0.15) is 24.7 Å². The Morgan fingerprint density at radius 3 is 2.33 bits per heavy atom. The number of carbonyl (C=O) groups is 1. The lowest BCUT2D eigenvalue weighted by molar-refractivity contribution is -0.256. The van der Waals surface area contributed by atoms with Crippen LogP contribution in [-0.2, 0) is 20.9 Å². The molecule has 4 aliphatic rings. The van der Waals surface area contributed by atoms with Crippen molar-refractivity contribution in [2.75, 3.05) is 40.3 Å². The minimum absolute atomic E-state index is 0.0447. The predicted octanol–water partition coefficient (Wildman–Crippen LogP) is 9.94. The van der Waals surface area contributed by atoms with Crippen molar-refractivity contribution in [1.29, 1.82) is 0 Å². The van der Waals surface area contributed by atoms with E-state index in [1.54, 1.807) is 29.2 Å². The Hall–Kier alpha value is -4.26. The summed E-state index contributed by atoms with van der Waals surface area (Å²) in [6.45, 7) is 7.17. The molecule has 1 fully saturated rings. The molecule has 6 rings (SSSR count). The molecule has 2 aliphatic heterocycles. The SMILES string of the molecule is C=CCO[C@@]12Oc3ccc(O)cc3[C@H]3[C@H](CCCCO)[C@@H](CCCCO)C=C(C(=NOC)C[C@@H]1N(Cc1ccc4c(c1)OCO4)C(=O)OCCCCCCCCCCCC)[C@H]32. The van der Waals surface area contributed by atoms with Gasteiger partial charge in [0.15, 0.2) is 11.5 Å². The number of benzene rings is 2. The van der Waals surface area contributed by atoms with Gasteiger partial charge >= 0.3 is 6.09 Å². The highest BCUT2D eigenvalue weighted by molar-refractivity contribution is 6.03. The number of carbonyl (C=O) groups excluding carboxylic acids is 1. The number of aromatic hydroxyl groups is 1. The van der Waals surface area contributed by atoms with Gasteiger partial charge in [-0.05, 0) is 85.4 Å². The molecule has 3 N–H and O–H groups in total. The molecule has 1 saturated carbocycles. The van der Waals surface area contributed by atoms with Crippen molar-refractivity contribution < 1.29 is 48.6 Å². The Balaban J connectivity index is 1.39. The van der Waals surface area contributed by atoms with E-state index in [9.17, 15) is 20.1 Å². The number of oxime groups is 1. The number of phenols is 1. The molecule has 0 saturated heterocycles. The van der Waals surface area contributed by atoms with Crippen molar-refractivity contribution in [3.8, 4) is 23.0 Å². The number of fused-ring (bicyclic) bond motifs is 3. The van der Waals surface area contributed by atoms with Crippen molar-refractivity contribution in [3.63, 3.8) is 0 Å². The molecule has 0 aromatic heterocycles. The first kappa shape index (κ1) is 46.2. The Kier molecular flexibility index (Phi) is 17.6. The molecule has 0 unspecified atom stereocenters. The quantitative estimate of drug-likeness (QED) is 0.0475. The topological polar surface area (TPSA) is 149 Å². The van der Waals surface area contributed by atoms with Gasteiger partial charge in [-0.15, -0.1) is 6.58 Å². The largest absolute Gasteiger partial charge is 0.508 e. The van der Waals surface area contributed by atoms with Crippen molar-refractivity contribution in [2.24, 2.45) is 22.9 Å². The summed E-state index contributed by atoms with van der Waals surface area (Å²) in [7, 11) is 1.53. The van der Waals surface area contributed by atoms with Crippen LogP contribution in [0, 0.1) is 17.8 Å². The van der Waals surface area contributed by atoms with Crippen molar-refractivity contribution >= 4 is 11.8 Å². The van der Waals surface area contributed by atoms with Crippen LogP contribution in [0.15, 0.2) is 65.9 Å². The van der Waals surface area contributed by atoms with E-state index in [1.165, 1.54) is 52.1 Å². The van der Waals surface area contributed by atoms with E-state index in [1.807, 2.05) is 18.2 Å². The van der Waals surface area contributed by atoms with E-state index in [0.29, 0.717) is 35.8 Å². The average molecular weight is 847 g/mol. The summed E-state index contributed by atoms with van der Waals surface area (Å²) in [4.78, 5) is 22.1. The standard InChI is InChI=1S/C49H70N2O10/c1-4-6-7-8-9-10-11-12-13-18-28-57-48(55)51(33-35-21-23-43-44(29-35)59-34-58-43)45-32-41(50-56-3)39-30-36(19-14-16-25-52)38(20-15-17-26-53)46-40-31-37(54)22-24-42(40)61-49(45,47(39)46)60-27-5-2/h5,21-24,29-31,36,38,45-47,52-54H,2,4,6-20,25-28,32-34H2,1,3H3/t36-,38+,45-,46+,47+,49+/m0/s1. The fourth-order valence-electron chi connectivity index (χ4n) is 10.1. The number of phenolic OH excluding ortho intramolecular Hbond substituents is 1. The lowest BCUT2D eigenvalue weighted by Crippen LogP contribution is -2.70. The van der Waals surface area contributed by atoms with Gasteiger partial charge in [0.25, 0.3) is 0 Å². The van der Waals surface area contributed by atoms with E-state index in [2.05, 4.69) is 24.7 Å². The first-order valence-corrected chi connectivity index (χ1v) is 23.0.